The Morgan fingerprint density at radius 2 is 2.14 bits per heavy atom. The third kappa shape index (κ3) is 1.33. The number of nitrogens with one attached hydrogen (secondary N) is 1. The second kappa shape index (κ2) is 2.99. The van der Waals surface area contributed by atoms with Crippen molar-refractivity contribution < 1.29 is 14.3 Å². The zero-order chi connectivity index (χ0) is 10.3. The summed E-state index contributed by atoms with van der Waals surface area (Å²) in [4.78, 5) is 13.0. The highest BCUT2D eigenvalue weighted by molar-refractivity contribution is 6.31. The van der Waals surface area contributed by atoms with Gasteiger partial charge in [-0.3, -0.25) is 0 Å². The number of hydrogen-bond donors (Lipinski definition) is 1. The van der Waals surface area contributed by atoms with Crippen molar-refractivity contribution in [3.63, 3.8) is 0 Å². The van der Waals surface area contributed by atoms with Gasteiger partial charge < -0.3 is 14.9 Å². The molecule has 0 aliphatic carbocycles. The monoisotopic (exact) mass is 212 g/mol. The first-order chi connectivity index (χ1) is 6.58. The molecule has 1 aromatic carbocycles. The van der Waals surface area contributed by atoms with Gasteiger partial charge in [0.1, 0.15) is 5.82 Å². The lowest BCUT2D eigenvalue weighted by Gasteiger charge is -1.94. The first-order valence-electron chi connectivity index (χ1n) is 3.77. The molecule has 2 rings (SSSR count). The number of hydrogen-bond acceptors (Lipinski definition) is 2. The molecule has 14 heavy (non-hydrogen) atoms. The molecule has 1 N–H and O–H groups in total. The summed E-state index contributed by atoms with van der Waals surface area (Å²) >= 11 is 5.59. The van der Waals surface area contributed by atoms with Crippen molar-refractivity contribution in [3.05, 3.63) is 34.7 Å². The number of carboxylic acid groups (broad SMARTS) is 1. The van der Waals surface area contributed by atoms with Gasteiger partial charge in [-0.05, 0) is 18.2 Å². The number of aromatic amines is 1. The van der Waals surface area contributed by atoms with E-state index in [9.17, 15) is 14.3 Å². The van der Waals surface area contributed by atoms with Gasteiger partial charge >= 0.3 is 0 Å². The largest absolute Gasteiger partial charge is 0.543 e. The number of halogens is 2. The van der Waals surface area contributed by atoms with E-state index >= 15 is 0 Å². The Labute approximate surface area is 83.1 Å². The Morgan fingerprint density at radius 1 is 1.43 bits per heavy atom. The van der Waals surface area contributed by atoms with Crippen LogP contribution in [0.25, 0.3) is 10.9 Å². The van der Waals surface area contributed by atoms with Gasteiger partial charge in [0.25, 0.3) is 0 Å². The van der Waals surface area contributed by atoms with Crippen LogP contribution < -0.4 is 5.11 Å². The molecule has 0 spiro atoms. The topological polar surface area (TPSA) is 55.9 Å². The maximum absolute atomic E-state index is 13.2. The number of benzene rings is 1. The number of rotatable bonds is 1. The number of carbonyl (C=O) groups is 1. The zero-order valence-corrected chi connectivity index (χ0v) is 7.56. The van der Waals surface area contributed by atoms with Gasteiger partial charge in [-0.25, -0.2) is 4.39 Å². The number of carboxylic acids is 1. The van der Waals surface area contributed by atoms with Gasteiger partial charge in [0.2, 0.25) is 0 Å². The minimum absolute atomic E-state index is 0.166. The smallest absolute Gasteiger partial charge is 0.134 e. The van der Waals surface area contributed by atoms with E-state index < -0.39 is 11.8 Å². The van der Waals surface area contributed by atoms with Crippen LogP contribution >= 0.6 is 11.6 Å². The van der Waals surface area contributed by atoms with Crippen molar-refractivity contribution in [1.82, 2.24) is 4.98 Å². The summed E-state index contributed by atoms with van der Waals surface area (Å²) in [6.07, 6.45) is 0. The summed E-state index contributed by atoms with van der Waals surface area (Å²) in [6, 6.07) is 3.75. The number of aromatic carboxylic acids is 1. The highest BCUT2D eigenvalue weighted by atomic mass is 35.5. The quantitative estimate of drug-likeness (QED) is 0.775. The van der Waals surface area contributed by atoms with E-state index in [4.69, 9.17) is 11.6 Å². The molecule has 0 radical (unpaired) electrons. The molecule has 0 bridgehead atoms. The first-order valence-corrected chi connectivity index (χ1v) is 4.15. The van der Waals surface area contributed by atoms with Crippen LogP contribution in [0.5, 0.6) is 0 Å². The Morgan fingerprint density at radius 3 is 2.79 bits per heavy atom. The molecule has 0 aliphatic rings. The van der Waals surface area contributed by atoms with E-state index in [1.54, 1.807) is 0 Å². The molecule has 1 aromatic heterocycles. The van der Waals surface area contributed by atoms with E-state index in [1.807, 2.05) is 0 Å². The van der Waals surface area contributed by atoms with Crippen LogP contribution in [0.4, 0.5) is 4.39 Å². The molecule has 0 fully saturated rings. The van der Waals surface area contributed by atoms with Crippen molar-refractivity contribution in [1.29, 1.82) is 0 Å². The van der Waals surface area contributed by atoms with Crippen LogP contribution in [0.3, 0.4) is 0 Å². The molecule has 0 atom stereocenters. The Bertz CT molecular complexity index is 521. The summed E-state index contributed by atoms with van der Waals surface area (Å²) in [7, 11) is 0. The predicted octanol–water partition coefficient (Wildman–Crippen LogP) is 1.32. The fourth-order valence-corrected chi connectivity index (χ4v) is 1.48. The number of fused-ring (bicyclic) bond motifs is 1. The second-order valence-electron chi connectivity index (χ2n) is 2.82. The minimum Gasteiger partial charge on any atom is -0.543 e. The third-order valence-corrected chi connectivity index (χ3v) is 2.09. The molecule has 0 aliphatic heterocycles. The molecule has 72 valence electrons. The van der Waals surface area contributed by atoms with Crippen molar-refractivity contribution in [3.8, 4) is 0 Å². The van der Waals surface area contributed by atoms with E-state index in [0.717, 1.165) is 6.07 Å². The van der Waals surface area contributed by atoms with Crippen LogP contribution in [-0.2, 0) is 0 Å². The van der Waals surface area contributed by atoms with Crippen LogP contribution in [-0.4, -0.2) is 11.0 Å². The van der Waals surface area contributed by atoms with E-state index in [1.165, 1.54) is 12.1 Å². The second-order valence-corrected chi connectivity index (χ2v) is 3.26. The maximum atomic E-state index is 13.2. The molecule has 0 amide bonds. The normalized spacial score (nSPS) is 10.7. The highest BCUT2D eigenvalue weighted by Crippen LogP contribution is 2.23. The van der Waals surface area contributed by atoms with Gasteiger partial charge in [0, 0.05) is 10.4 Å². The fourth-order valence-electron chi connectivity index (χ4n) is 1.27. The van der Waals surface area contributed by atoms with Crippen LogP contribution in [0.1, 0.15) is 10.5 Å². The Kier molecular flexibility index (Phi) is 1.93. The minimum atomic E-state index is -1.38. The van der Waals surface area contributed by atoms with Crippen molar-refractivity contribution in [2.75, 3.05) is 0 Å². The summed E-state index contributed by atoms with van der Waals surface area (Å²) in [6.45, 7) is 0. The van der Waals surface area contributed by atoms with Gasteiger partial charge in [-0.1, -0.05) is 11.6 Å². The van der Waals surface area contributed by atoms with Crippen molar-refractivity contribution in [2.24, 2.45) is 0 Å². The highest BCUT2D eigenvalue weighted by Gasteiger charge is 2.07. The molecule has 1 heterocycles. The molecule has 2 aromatic rings. The first kappa shape index (κ1) is 9.02. The van der Waals surface area contributed by atoms with Crippen LogP contribution in [0.2, 0.25) is 5.02 Å². The molecule has 0 unspecified atom stereocenters. The van der Waals surface area contributed by atoms with E-state index in [2.05, 4.69) is 4.98 Å². The van der Waals surface area contributed by atoms with E-state index in [0.29, 0.717) is 5.52 Å². The van der Waals surface area contributed by atoms with Gasteiger partial charge in [-0.2, -0.15) is 0 Å². The predicted molar refractivity (Wildman–Crippen MR) is 47.6 cm³/mol. The lowest BCUT2D eigenvalue weighted by molar-refractivity contribution is -0.255. The molecular weight excluding hydrogens is 209 g/mol. The third-order valence-electron chi connectivity index (χ3n) is 1.87. The van der Waals surface area contributed by atoms with Gasteiger partial charge in [0.05, 0.1) is 17.2 Å². The number of aromatic nitrogens is 1. The standard InChI is InChI=1S/C9H5ClFNO2/c10-4-1-6(11)5-3-8(9(13)14)12-7(5)2-4/h1-3,12H,(H,13,14)/p-1. The lowest BCUT2D eigenvalue weighted by Crippen LogP contribution is -2.22. The molecule has 5 heteroatoms. The van der Waals surface area contributed by atoms with Crippen molar-refractivity contribution in [2.45, 2.75) is 0 Å². The SMILES string of the molecule is O=C([O-])c1cc2c(F)cc(Cl)cc2[nH]1. The van der Waals surface area contributed by atoms with Crippen LogP contribution in [0.15, 0.2) is 18.2 Å². The van der Waals surface area contributed by atoms with Crippen LogP contribution in [0, 0.1) is 5.82 Å². The zero-order valence-electron chi connectivity index (χ0n) is 6.80. The Hall–Kier alpha value is -1.55. The number of carbonyl (C=O) groups excluding carboxylic acids is 1. The van der Waals surface area contributed by atoms with Gasteiger partial charge in [-0.15, -0.1) is 0 Å². The average Bonchev–Trinajstić information content (AvgIpc) is 2.47. The summed E-state index contributed by atoms with van der Waals surface area (Å²) in [5.74, 6) is -1.94. The fraction of sp³-hybridized carbons (Fsp3) is 0. The molecule has 3 nitrogen and oxygen atoms in total. The summed E-state index contributed by atoms with van der Waals surface area (Å²) in [5.41, 5.74) is 0.176. The number of H-pyrrole nitrogens is 1. The molecule has 0 saturated carbocycles. The molecule has 0 saturated heterocycles. The maximum Gasteiger partial charge on any atom is 0.134 e. The van der Waals surface area contributed by atoms with E-state index in [-0.39, 0.29) is 16.1 Å². The van der Waals surface area contributed by atoms with Crippen molar-refractivity contribution >= 4 is 28.5 Å². The Balaban J connectivity index is 2.76. The average molecular weight is 213 g/mol. The summed E-state index contributed by atoms with van der Waals surface area (Å²) < 4.78 is 13.2. The van der Waals surface area contributed by atoms with Gasteiger partial charge in [0.15, 0.2) is 0 Å². The summed E-state index contributed by atoms with van der Waals surface area (Å²) in [5, 5.41) is 10.9. The lowest BCUT2D eigenvalue weighted by atomic mass is 10.2. The molecular formula is C9H4ClFNO2-.